The highest BCUT2D eigenvalue weighted by Gasteiger charge is 2.17. The van der Waals surface area contributed by atoms with E-state index in [4.69, 9.17) is 11.6 Å². The molecule has 1 N–H and O–H groups in total. The molecule has 0 fully saturated rings. The second-order valence-electron chi connectivity index (χ2n) is 6.20. The molecule has 4 aromatic rings. The number of rotatable bonds is 6. The van der Waals surface area contributed by atoms with Gasteiger partial charge in [-0.1, -0.05) is 35.5 Å². The van der Waals surface area contributed by atoms with Gasteiger partial charge in [-0.2, -0.15) is 0 Å². The van der Waals surface area contributed by atoms with E-state index in [0.717, 1.165) is 5.56 Å². The summed E-state index contributed by atoms with van der Waals surface area (Å²) in [5.41, 5.74) is 2.31. The van der Waals surface area contributed by atoms with Crippen molar-refractivity contribution in [3.8, 4) is 11.5 Å². The number of anilines is 1. The highest BCUT2D eigenvalue weighted by Crippen LogP contribution is 2.24. The molecule has 9 heteroatoms. The summed E-state index contributed by atoms with van der Waals surface area (Å²) in [4.78, 5) is 16.8. The van der Waals surface area contributed by atoms with Crippen LogP contribution >= 0.6 is 23.4 Å². The largest absolute Gasteiger partial charge is 0.325 e. The zero-order valence-electron chi connectivity index (χ0n) is 15.5. The van der Waals surface area contributed by atoms with Gasteiger partial charge in [0.15, 0.2) is 0 Å². The van der Waals surface area contributed by atoms with Crippen molar-refractivity contribution in [2.75, 3.05) is 11.1 Å². The maximum Gasteiger partial charge on any atom is 0.234 e. The Hall–Kier alpha value is -3.10. The monoisotopic (exact) mass is 424 g/mol. The molecule has 3 heterocycles. The number of hydrogen-bond acceptors (Lipinski definition) is 5. The van der Waals surface area contributed by atoms with E-state index in [1.807, 2.05) is 71.1 Å². The molecule has 1 aromatic carbocycles. The maximum atomic E-state index is 12.4. The van der Waals surface area contributed by atoms with Crippen LogP contribution in [0.15, 0.2) is 72.3 Å². The fourth-order valence-corrected chi connectivity index (χ4v) is 3.59. The molecule has 0 bridgehead atoms. The zero-order valence-corrected chi connectivity index (χ0v) is 17.1. The molecule has 0 spiro atoms. The lowest BCUT2D eigenvalue weighted by Crippen LogP contribution is -2.16. The van der Waals surface area contributed by atoms with Gasteiger partial charge >= 0.3 is 0 Å². The summed E-state index contributed by atoms with van der Waals surface area (Å²) in [5, 5.41) is 12.6. The number of carbonyl (C=O) groups is 1. The number of carbonyl (C=O) groups excluding carboxylic acids is 1. The molecule has 0 aliphatic rings. The van der Waals surface area contributed by atoms with Gasteiger partial charge in [0.25, 0.3) is 0 Å². The second kappa shape index (κ2) is 8.50. The van der Waals surface area contributed by atoms with Crippen molar-refractivity contribution in [3.05, 3.63) is 77.7 Å². The lowest BCUT2D eigenvalue weighted by atomic mass is 10.2. The lowest BCUT2D eigenvalue weighted by Gasteiger charge is -2.11. The van der Waals surface area contributed by atoms with Crippen LogP contribution < -0.4 is 5.32 Å². The summed E-state index contributed by atoms with van der Waals surface area (Å²) in [5.74, 6) is 0.610. The van der Waals surface area contributed by atoms with Crippen molar-refractivity contribution in [2.45, 2.75) is 12.1 Å². The first-order valence-electron chi connectivity index (χ1n) is 8.81. The Morgan fingerprint density at radius 3 is 2.69 bits per heavy atom. The maximum absolute atomic E-state index is 12.4. The smallest absolute Gasteiger partial charge is 0.234 e. The fourth-order valence-electron chi connectivity index (χ4n) is 2.67. The first-order valence-corrected chi connectivity index (χ1v) is 10.2. The molecular formula is C20H17ClN6OS. The van der Waals surface area contributed by atoms with Crippen molar-refractivity contribution in [1.29, 1.82) is 0 Å². The minimum absolute atomic E-state index is 0.156. The van der Waals surface area contributed by atoms with Crippen LogP contribution in [0, 0.1) is 6.92 Å². The summed E-state index contributed by atoms with van der Waals surface area (Å²) in [6.45, 7) is 1.91. The third-order valence-corrected chi connectivity index (χ3v) is 5.44. The van der Waals surface area contributed by atoms with E-state index in [-0.39, 0.29) is 11.7 Å². The summed E-state index contributed by atoms with van der Waals surface area (Å²) in [6, 6.07) is 14.8. The molecule has 7 nitrogen and oxygen atoms in total. The van der Waals surface area contributed by atoms with E-state index in [1.165, 1.54) is 11.8 Å². The minimum atomic E-state index is -0.156. The number of nitrogens with zero attached hydrogens (tertiary/aromatic N) is 5. The number of pyridine rings is 1. The number of thioether (sulfide) groups is 1. The van der Waals surface area contributed by atoms with Crippen LogP contribution in [-0.2, 0) is 4.79 Å². The Bertz CT molecular complexity index is 1130. The Morgan fingerprint density at radius 1 is 1.14 bits per heavy atom. The summed E-state index contributed by atoms with van der Waals surface area (Å²) < 4.78 is 3.67. The predicted molar refractivity (Wildman–Crippen MR) is 114 cm³/mol. The predicted octanol–water partition coefficient (Wildman–Crippen LogP) is 4.15. The van der Waals surface area contributed by atoms with E-state index in [9.17, 15) is 4.79 Å². The van der Waals surface area contributed by atoms with E-state index in [2.05, 4.69) is 20.5 Å². The number of aryl methyl sites for hydroxylation is 1. The minimum Gasteiger partial charge on any atom is -0.325 e. The molecular weight excluding hydrogens is 408 g/mol. The average Bonchev–Trinajstić information content (AvgIpc) is 3.39. The van der Waals surface area contributed by atoms with Crippen LogP contribution in [0.2, 0.25) is 5.02 Å². The van der Waals surface area contributed by atoms with Crippen molar-refractivity contribution in [2.24, 2.45) is 0 Å². The normalized spacial score (nSPS) is 10.8. The number of halogens is 1. The highest BCUT2D eigenvalue weighted by molar-refractivity contribution is 7.99. The zero-order chi connectivity index (χ0) is 20.2. The number of hydrogen-bond donors (Lipinski definition) is 1. The average molecular weight is 425 g/mol. The first kappa shape index (κ1) is 19.2. The standard InChI is InChI=1S/C20H17ClN6OS/c1-14-7-8-15(12-16(14)21)23-18(28)13-29-20-25-24-19(17-6-2-3-9-22-17)27(20)26-10-4-5-11-26/h2-12H,13H2,1H3,(H,23,28). The third kappa shape index (κ3) is 4.33. The molecule has 0 radical (unpaired) electrons. The van der Waals surface area contributed by atoms with Crippen LogP contribution in [0.1, 0.15) is 5.56 Å². The van der Waals surface area contributed by atoms with Crippen LogP contribution in [0.3, 0.4) is 0 Å². The topological polar surface area (TPSA) is 77.6 Å². The van der Waals surface area contributed by atoms with Crippen molar-refractivity contribution in [3.63, 3.8) is 0 Å². The van der Waals surface area contributed by atoms with Gasteiger partial charge in [-0.3, -0.25) is 14.5 Å². The second-order valence-corrected chi connectivity index (χ2v) is 7.55. The molecule has 0 atom stereocenters. The number of aromatic nitrogens is 5. The molecule has 0 aliphatic heterocycles. The van der Waals surface area contributed by atoms with Gasteiger partial charge in [0.05, 0.1) is 5.75 Å². The molecule has 0 unspecified atom stereocenters. The van der Waals surface area contributed by atoms with E-state index in [0.29, 0.717) is 27.4 Å². The Balaban J connectivity index is 1.53. The number of benzene rings is 1. The van der Waals surface area contributed by atoms with Gasteiger partial charge in [0, 0.05) is 29.3 Å². The van der Waals surface area contributed by atoms with E-state index < -0.39 is 0 Å². The van der Waals surface area contributed by atoms with Gasteiger partial charge in [-0.25, -0.2) is 4.68 Å². The van der Waals surface area contributed by atoms with Gasteiger partial charge in [0.2, 0.25) is 16.9 Å². The lowest BCUT2D eigenvalue weighted by molar-refractivity contribution is -0.113. The molecule has 4 rings (SSSR count). The van der Waals surface area contributed by atoms with E-state index in [1.54, 1.807) is 12.3 Å². The van der Waals surface area contributed by atoms with Crippen molar-refractivity contribution < 1.29 is 4.79 Å². The van der Waals surface area contributed by atoms with Crippen LogP contribution in [0.25, 0.3) is 11.5 Å². The van der Waals surface area contributed by atoms with Gasteiger partial charge in [-0.05, 0) is 48.9 Å². The highest BCUT2D eigenvalue weighted by atomic mass is 35.5. The molecule has 3 aromatic heterocycles. The van der Waals surface area contributed by atoms with Crippen LogP contribution in [0.5, 0.6) is 0 Å². The summed E-state index contributed by atoms with van der Waals surface area (Å²) >= 11 is 7.41. The Labute approximate surface area is 176 Å². The SMILES string of the molecule is Cc1ccc(NC(=O)CSc2nnc(-c3ccccn3)n2-n2cccc2)cc1Cl. The van der Waals surface area contributed by atoms with Crippen molar-refractivity contribution in [1.82, 2.24) is 24.5 Å². The van der Waals surface area contributed by atoms with Crippen LogP contribution in [0.4, 0.5) is 5.69 Å². The first-order chi connectivity index (χ1) is 14.1. The number of amides is 1. The quantitative estimate of drug-likeness (QED) is 0.470. The fraction of sp³-hybridized carbons (Fsp3) is 0.100. The molecule has 0 aliphatic carbocycles. The molecule has 29 heavy (non-hydrogen) atoms. The third-order valence-electron chi connectivity index (χ3n) is 4.11. The van der Waals surface area contributed by atoms with Gasteiger partial charge in [-0.15, -0.1) is 10.2 Å². The summed E-state index contributed by atoms with van der Waals surface area (Å²) in [7, 11) is 0. The molecule has 0 saturated carbocycles. The van der Waals surface area contributed by atoms with Gasteiger partial charge < -0.3 is 5.32 Å². The van der Waals surface area contributed by atoms with Crippen LogP contribution in [-0.4, -0.2) is 36.2 Å². The molecule has 146 valence electrons. The Kier molecular flexibility index (Phi) is 5.64. The molecule has 0 saturated heterocycles. The Morgan fingerprint density at radius 2 is 1.97 bits per heavy atom. The summed E-state index contributed by atoms with van der Waals surface area (Å²) in [6.07, 6.45) is 5.47. The van der Waals surface area contributed by atoms with Gasteiger partial charge in [0.1, 0.15) is 5.69 Å². The van der Waals surface area contributed by atoms with E-state index >= 15 is 0 Å². The molecule has 1 amide bonds. The van der Waals surface area contributed by atoms with Crippen molar-refractivity contribution >= 4 is 35.0 Å². The number of nitrogens with one attached hydrogen (secondary N) is 1.